The van der Waals surface area contributed by atoms with E-state index in [0.717, 1.165) is 10.7 Å². The van der Waals surface area contributed by atoms with Crippen LogP contribution >= 0.6 is 11.8 Å². The van der Waals surface area contributed by atoms with E-state index in [1.165, 1.54) is 11.8 Å². The van der Waals surface area contributed by atoms with E-state index in [9.17, 15) is 9.90 Å². The third-order valence-corrected chi connectivity index (χ3v) is 4.48. The number of rotatable bonds is 6. The zero-order valence-corrected chi connectivity index (χ0v) is 12.2. The maximum Gasteiger partial charge on any atom is 0.329 e. The minimum absolute atomic E-state index is 0.355. The molecule has 1 heterocycles. The average molecular weight is 291 g/mol. The molecule has 106 valence electrons. The SMILES string of the molecule is CNC(CSc1nccn1C)(C(=O)O)c1ccccc1. The van der Waals surface area contributed by atoms with Gasteiger partial charge in [-0.25, -0.2) is 9.78 Å². The van der Waals surface area contributed by atoms with Crippen molar-refractivity contribution in [2.75, 3.05) is 12.8 Å². The Hall–Kier alpha value is -1.79. The highest BCUT2D eigenvalue weighted by Crippen LogP contribution is 2.29. The fourth-order valence-corrected chi connectivity index (χ4v) is 3.16. The molecule has 1 aromatic carbocycles. The second-order valence-electron chi connectivity index (χ2n) is 4.44. The highest BCUT2D eigenvalue weighted by atomic mass is 32.2. The summed E-state index contributed by atoms with van der Waals surface area (Å²) in [5, 5.41) is 13.4. The van der Waals surface area contributed by atoms with Crippen molar-refractivity contribution in [3.05, 3.63) is 48.3 Å². The Balaban J connectivity index is 2.29. The number of thioether (sulfide) groups is 1. The number of hydrogen-bond donors (Lipinski definition) is 2. The molecular weight excluding hydrogens is 274 g/mol. The lowest BCUT2D eigenvalue weighted by Gasteiger charge is -2.29. The van der Waals surface area contributed by atoms with Crippen LogP contribution in [0.2, 0.25) is 0 Å². The van der Waals surface area contributed by atoms with Crippen LogP contribution in [-0.2, 0) is 17.4 Å². The number of nitrogens with one attached hydrogen (secondary N) is 1. The molecule has 1 unspecified atom stereocenters. The van der Waals surface area contributed by atoms with E-state index in [4.69, 9.17) is 0 Å². The van der Waals surface area contributed by atoms with Gasteiger partial charge in [-0.1, -0.05) is 42.1 Å². The number of aryl methyl sites for hydroxylation is 1. The lowest BCUT2D eigenvalue weighted by atomic mass is 9.92. The van der Waals surface area contributed by atoms with E-state index in [1.807, 2.05) is 48.1 Å². The number of carboxylic acid groups (broad SMARTS) is 1. The Morgan fingerprint density at radius 2 is 2.15 bits per heavy atom. The van der Waals surface area contributed by atoms with Crippen molar-refractivity contribution in [2.45, 2.75) is 10.7 Å². The summed E-state index contributed by atoms with van der Waals surface area (Å²) in [7, 11) is 3.56. The van der Waals surface area contributed by atoms with Crippen LogP contribution in [0.25, 0.3) is 0 Å². The Morgan fingerprint density at radius 1 is 1.45 bits per heavy atom. The zero-order chi connectivity index (χ0) is 14.6. The van der Waals surface area contributed by atoms with E-state index in [0.29, 0.717) is 5.75 Å². The van der Waals surface area contributed by atoms with Gasteiger partial charge in [-0.05, 0) is 12.6 Å². The van der Waals surface area contributed by atoms with Gasteiger partial charge in [0.1, 0.15) is 0 Å². The molecule has 1 aromatic heterocycles. The van der Waals surface area contributed by atoms with Crippen molar-refractivity contribution < 1.29 is 9.90 Å². The predicted octanol–water partition coefficient (Wildman–Crippen LogP) is 1.71. The Morgan fingerprint density at radius 3 is 2.65 bits per heavy atom. The van der Waals surface area contributed by atoms with Gasteiger partial charge in [-0.3, -0.25) is 0 Å². The van der Waals surface area contributed by atoms with Gasteiger partial charge >= 0.3 is 5.97 Å². The maximum absolute atomic E-state index is 11.8. The number of aromatic nitrogens is 2. The lowest BCUT2D eigenvalue weighted by Crippen LogP contribution is -2.49. The van der Waals surface area contributed by atoms with Crippen molar-refractivity contribution in [3.63, 3.8) is 0 Å². The molecule has 1 atom stereocenters. The number of hydrogen-bond acceptors (Lipinski definition) is 4. The van der Waals surface area contributed by atoms with Crippen LogP contribution in [0, 0.1) is 0 Å². The van der Waals surface area contributed by atoms with Gasteiger partial charge < -0.3 is 15.0 Å². The Labute approximate surface area is 122 Å². The molecular formula is C14H17N3O2S. The quantitative estimate of drug-likeness (QED) is 0.793. The second-order valence-corrected chi connectivity index (χ2v) is 5.38. The van der Waals surface area contributed by atoms with Crippen LogP contribution in [0.15, 0.2) is 47.9 Å². The summed E-state index contributed by atoms with van der Waals surface area (Å²) in [6.45, 7) is 0. The first kappa shape index (κ1) is 14.6. The van der Waals surface area contributed by atoms with Crippen LogP contribution in [0.4, 0.5) is 0 Å². The van der Waals surface area contributed by atoms with Crippen molar-refractivity contribution in [1.29, 1.82) is 0 Å². The fraction of sp³-hybridized carbons (Fsp3) is 0.286. The minimum atomic E-state index is -1.13. The maximum atomic E-state index is 11.8. The minimum Gasteiger partial charge on any atom is -0.480 e. The van der Waals surface area contributed by atoms with Crippen LogP contribution in [0.5, 0.6) is 0 Å². The number of carboxylic acids is 1. The summed E-state index contributed by atoms with van der Waals surface area (Å²) in [6, 6.07) is 9.20. The number of nitrogens with zero attached hydrogens (tertiary/aromatic N) is 2. The monoisotopic (exact) mass is 291 g/mol. The molecule has 0 amide bonds. The molecule has 0 radical (unpaired) electrons. The first-order valence-corrected chi connectivity index (χ1v) is 7.16. The van der Waals surface area contributed by atoms with Gasteiger partial charge in [-0.15, -0.1) is 0 Å². The molecule has 0 aliphatic carbocycles. The standard InChI is InChI=1S/C14H17N3O2S/c1-15-14(12(18)19,11-6-4-3-5-7-11)10-20-13-16-8-9-17(13)2/h3-9,15H,10H2,1-2H3,(H,18,19). The summed E-state index contributed by atoms with van der Waals surface area (Å²) in [5.74, 6) is -0.541. The van der Waals surface area contributed by atoms with Crippen molar-refractivity contribution >= 4 is 17.7 Å². The molecule has 6 heteroatoms. The van der Waals surface area contributed by atoms with Crippen molar-refractivity contribution in [2.24, 2.45) is 7.05 Å². The topological polar surface area (TPSA) is 67.2 Å². The summed E-state index contributed by atoms with van der Waals surface area (Å²) >= 11 is 1.42. The molecule has 0 saturated carbocycles. The molecule has 5 nitrogen and oxygen atoms in total. The summed E-state index contributed by atoms with van der Waals surface area (Å²) in [6.07, 6.45) is 3.54. The molecule has 0 bridgehead atoms. The second kappa shape index (κ2) is 6.11. The highest BCUT2D eigenvalue weighted by Gasteiger charge is 2.39. The van der Waals surface area contributed by atoms with E-state index >= 15 is 0 Å². The zero-order valence-electron chi connectivity index (χ0n) is 11.4. The van der Waals surface area contributed by atoms with E-state index in [1.54, 1.807) is 13.2 Å². The van der Waals surface area contributed by atoms with Crippen LogP contribution < -0.4 is 5.32 Å². The largest absolute Gasteiger partial charge is 0.480 e. The molecule has 0 spiro atoms. The van der Waals surface area contributed by atoms with Gasteiger partial charge in [0, 0.05) is 25.2 Å². The van der Waals surface area contributed by atoms with Gasteiger partial charge in [-0.2, -0.15) is 0 Å². The van der Waals surface area contributed by atoms with E-state index in [-0.39, 0.29) is 0 Å². The third kappa shape index (κ3) is 2.71. The number of benzene rings is 1. The first-order valence-electron chi connectivity index (χ1n) is 6.18. The van der Waals surface area contributed by atoms with Crippen LogP contribution in [-0.4, -0.2) is 33.4 Å². The molecule has 0 aliphatic heterocycles. The highest BCUT2D eigenvalue weighted by molar-refractivity contribution is 7.99. The number of aliphatic carboxylic acids is 1. The predicted molar refractivity (Wildman–Crippen MR) is 78.7 cm³/mol. The van der Waals surface area contributed by atoms with Crippen LogP contribution in [0.3, 0.4) is 0 Å². The van der Waals surface area contributed by atoms with Gasteiger partial charge in [0.05, 0.1) is 0 Å². The molecule has 2 rings (SSSR count). The van der Waals surface area contributed by atoms with Gasteiger partial charge in [0.25, 0.3) is 0 Å². The summed E-state index contributed by atoms with van der Waals surface area (Å²) < 4.78 is 1.87. The number of carbonyl (C=O) groups is 1. The molecule has 20 heavy (non-hydrogen) atoms. The molecule has 0 fully saturated rings. The number of likely N-dealkylation sites (N-methyl/N-ethyl adjacent to an activating group) is 1. The number of imidazole rings is 1. The van der Waals surface area contributed by atoms with Gasteiger partial charge in [0.2, 0.25) is 0 Å². The third-order valence-electron chi connectivity index (χ3n) is 3.25. The first-order chi connectivity index (χ1) is 9.60. The molecule has 0 aliphatic rings. The van der Waals surface area contributed by atoms with Crippen molar-refractivity contribution in [3.8, 4) is 0 Å². The lowest BCUT2D eigenvalue weighted by molar-refractivity contribution is -0.144. The van der Waals surface area contributed by atoms with E-state index < -0.39 is 11.5 Å². The van der Waals surface area contributed by atoms with Gasteiger partial charge in [0.15, 0.2) is 10.7 Å². The smallest absolute Gasteiger partial charge is 0.329 e. The average Bonchev–Trinajstić information content (AvgIpc) is 2.86. The summed E-state index contributed by atoms with van der Waals surface area (Å²) in [5.41, 5.74) is -0.394. The Kier molecular flexibility index (Phi) is 4.46. The van der Waals surface area contributed by atoms with E-state index in [2.05, 4.69) is 10.3 Å². The normalized spacial score (nSPS) is 13.9. The molecule has 2 N–H and O–H groups in total. The molecule has 0 saturated heterocycles. The molecule has 2 aromatic rings. The van der Waals surface area contributed by atoms with Crippen LogP contribution in [0.1, 0.15) is 5.56 Å². The Bertz CT molecular complexity index is 585. The fourth-order valence-electron chi connectivity index (χ4n) is 1.98. The summed E-state index contributed by atoms with van der Waals surface area (Å²) in [4.78, 5) is 16.0. The van der Waals surface area contributed by atoms with Crippen molar-refractivity contribution in [1.82, 2.24) is 14.9 Å².